The zero-order chi connectivity index (χ0) is 13.0. The van der Waals surface area contributed by atoms with E-state index in [0.29, 0.717) is 31.5 Å². The van der Waals surface area contributed by atoms with Gasteiger partial charge in [0.2, 0.25) is 0 Å². The van der Waals surface area contributed by atoms with E-state index >= 15 is 0 Å². The highest BCUT2D eigenvalue weighted by atomic mass is 16.2. The lowest BCUT2D eigenvalue weighted by Gasteiger charge is -2.14. The lowest BCUT2D eigenvalue weighted by atomic mass is 9.98. The third kappa shape index (κ3) is 2.62. The molecule has 1 aromatic rings. The van der Waals surface area contributed by atoms with E-state index < -0.39 is 0 Å². The Morgan fingerprint density at radius 2 is 2.17 bits per heavy atom. The highest BCUT2D eigenvalue weighted by Gasteiger charge is 2.22. The molecule has 2 rings (SSSR count). The third-order valence-electron chi connectivity index (χ3n) is 2.77. The smallest absolute Gasteiger partial charge is 0.277 e. The molecule has 0 unspecified atom stereocenters. The van der Waals surface area contributed by atoms with E-state index in [1.807, 2.05) is 12.1 Å². The van der Waals surface area contributed by atoms with Crippen molar-refractivity contribution < 1.29 is 9.59 Å². The van der Waals surface area contributed by atoms with Crippen LogP contribution in [0.2, 0.25) is 0 Å². The van der Waals surface area contributed by atoms with Crippen molar-refractivity contribution in [2.24, 2.45) is 10.7 Å². The number of aliphatic imine (C=N–C) groups is 1. The molecule has 18 heavy (non-hydrogen) atoms. The van der Waals surface area contributed by atoms with Crippen LogP contribution in [-0.2, 0) is 11.2 Å². The minimum absolute atomic E-state index is 0.274. The summed E-state index contributed by atoms with van der Waals surface area (Å²) in [6.07, 6.45) is 1.11. The molecule has 1 aliphatic heterocycles. The molecular formula is C13H15N3O2. The SMILES string of the molecule is NCCCNC(=O)C1=NC(=O)c2ccccc2C1. The summed E-state index contributed by atoms with van der Waals surface area (Å²) in [6, 6.07) is 7.21. The number of hydrogen-bond acceptors (Lipinski definition) is 3. The zero-order valence-corrected chi connectivity index (χ0v) is 9.98. The van der Waals surface area contributed by atoms with E-state index in [1.165, 1.54) is 0 Å². The summed E-state index contributed by atoms with van der Waals surface area (Å²) in [5.41, 5.74) is 7.04. The molecule has 1 aromatic carbocycles. The summed E-state index contributed by atoms with van der Waals surface area (Å²) in [5.74, 6) is -0.632. The van der Waals surface area contributed by atoms with Gasteiger partial charge < -0.3 is 11.1 Å². The molecule has 0 saturated carbocycles. The molecule has 0 fully saturated rings. The van der Waals surface area contributed by atoms with Gasteiger partial charge in [-0.05, 0) is 24.6 Å². The van der Waals surface area contributed by atoms with Gasteiger partial charge in [-0.15, -0.1) is 0 Å². The molecule has 0 spiro atoms. The van der Waals surface area contributed by atoms with Crippen molar-refractivity contribution in [3.05, 3.63) is 35.4 Å². The fraction of sp³-hybridized carbons (Fsp3) is 0.308. The standard InChI is InChI=1S/C13H15N3O2/c14-6-3-7-15-13(18)11-8-9-4-1-2-5-10(9)12(17)16-11/h1-2,4-5H,3,6-8,14H2,(H,15,18). The molecule has 5 heteroatoms. The summed E-state index contributed by atoms with van der Waals surface area (Å²) >= 11 is 0. The molecule has 0 saturated heterocycles. The number of nitrogens with zero attached hydrogens (tertiary/aromatic N) is 1. The highest BCUT2D eigenvalue weighted by Crippen LogP contribution is 2.16. The Balaban J connectivity index is 2.09. The number of carbonyl (C=O) groups excluding carboxylic acids is 2. The Hall–Kier alpha value is -2.01. The molecular weight excluding hydrogens is 230 g/mol. The van der Waals surface area contributed by atoms with Crippen LogP contribution in [0.4, 0.5) is 0 Å². The van der Waals surface area contributed by atoms with E-state index in [2.05, 4.69) is 10.3 Å². The lowest BCUT2D eigenvalue weighted by molar-refractivity contribution is -0.114. The number of benzene rings is 1. The third-order valence-corrected chi connectivity index (χ3v) is 2.77. The predicted octanol–water partition coefficient (Wildman–Crippen LogP) is 0.289. The molecule has 2 amide bonds. The van der Waals surface area contributed by atoms with Gasteiger partial charge in [0.05, 0.1) is 0 Å². The fourth-order valence-corrected chi connectivity index (χ4v) is 1.82. The first kappa shape index (κ1) is 12.4. The van der Waals surface area contributed by atoms with Crippen LogP contribution in [0, 0.1) is 0 Å². The van der Waals surface area contributed by atoms with Crippen molar-refractivity contribution in [3.8, 4) is 0 Å². The number of fused-ring (bicyclic) bond motifs is 1. The van der Waals surface area contributed by atoms with E-state index in [0.717, 1.165) is 5.56 Å². The maximum absolute atomic E-state index is 11.8. The molecule has 3 N–H and O–H groups in total. The monoisotopic (exact) mass is 245 g/mol. The summed E-state index contributed by atoms with van der Waals surface area (Å²) in [4.78, 5) is 27.4. The maximum Gasteiger partial charge on any atom is 0.277 e. The Morgan fingerprint density at radius 1 is 1.39 bits per heavy atom. The van der Waals surface area contributed by atoms with Gasteiger partial charge in [-0.2, -0.15) is 0 Å². The molecule has 94 valence electrons. The number of nitrogens with one attached hydrogen (secondary N) is 1. The van der Waals surface area contributed by atoms with Crippen LogP contribution in [-0.4, -0.2) is 30.6 Å². The zero-order valence-electron chi connectivity index (χ0n) is 9.98. The lowest BCUT2D eigenvalue weighted by Crippen LogP contribution is -2.35. The molecule has 1 aliphatic rings. The minimum Gasteiger partial charge on any atom is -0.351 e. The molecule has 0 aliphatic carbocycles. The topological polar surface area (TPSA) is 84.5 Å². The average molecular weight is 245 g/mol. The van der Waals surface area contributed by atoms with Gasteiger partial charge in [-0.3, -0.25) is 9.59 Å². The van der Waals surface area contributed by atoms with E-state index in [-0.39, 0.29) is 17.5 Å². The van der Waals surface area contributed by atoms with Gasteiger partial charge in [0.15, 0.2) is 0 Å². The molecule has 1 heterocycles. The molecule has 0 radical (unpaired) electrons. The molecule has 5 nitrogen and oxygen atoms in total. The van der Waals surface area contributed by atoms with Crippen LogP contribution in [0.3, 0.4) is 0 Å². The van der Waals surface area contributed by atoms with Crippen LogP contribution < -0.4 is 11.1 Å². The van der Waals surface area contributed by atoms with Gasteiger partial charge in [0.1, 0.15) is 5.71 Å². The summed E-state index contributed by atoms with van der Waals surface area (Å²) in [7, 11) is 0. The molecule has 0 atom stereocenters. The first-order chi connectivity index (χ1) is 8.72. The van der Waals surface area contributed by atoms with Crippen LogP contribution in [0.1, 0.15) is 22.3 Å². The van der Waals surface area contributed by atoms with Crippen LogP contribution in [0.25, 0.3) is 0 Å². The van der Waals surface area contributed by atoms with E-state index in [9.17, 15) is 9.59 Å². The second-order valence-corrected chi connectivity index (χ2v) is 4.10. The van der Waals surface area contributed by atoms with Crippen LogP contribution in [0.5, 0.6) is 0 Å². The van der Waals surface area contributed by atoms with Gasteiger partial charge in [-0.1, -0.05) is 18.2 Å². The van der Waals surface area contributed by atoms with Crippen LogP contribution >= 0.6 is 0 Å². The second-order valence-electron chi connectivity index (χ2n) is 4.10. The Labute approximate surface area is 105 Å². The number of hydrogen-bond donors (Lipinski definition) is 2. The summed E-state index contributed by atoms with van der Waals surface area (Å²) in [6.45, 7) is 1.03. The minimum atomic E-state index is -0.346. The number of rotatable bonds is 4. The summed E-state index contributed by atoms with van der Waals surface area (Å²) < 4.78 is 0. The first-order valence-electron chi connectivity index (χ1n) is 5.90. The van der Waals surface area contributed by atoms with Gasteiger partial charge in [0.25, 0.3) is 11.8 Å². The van der Waals surface area contributed by atoms with Crippen molar-refractivity contribution >= 4 is 17.5 Å². The maximum atomic E-state index is 11.8. The summed E-state index contributed by atoms with van der Waals surface area (Å²) in [5, 5.41) is 2.70. The normalized spacial score (nSPS) is 13.8. The van der Waals surface area contributed by atoms with Crippen LogP contribution in [0.15, 0.2) is 29.3 Å². The highest BCUT2D eigenvalue weighted by molar-refractivity contribution is 6.42. The Bertz CT molecular complexity index is 509. The number of carbonyl (C=O) groups is 2. The second kappa shape index (κ2) is 5.55. The largest absolute Gasteiger partial charge is 0.351 e. The number of amides is 2. The van der Waals surface area contributed by atoms with Crippen molar-refractivity contribution in [3.63, 3.8) is 0 Å². The van der Waals surface area contributed by atoms with E-state index in [1.54, 1.807) is 12.1 Å². The van der Waals surface area contributed by atoms with Crippen molar-refractivity contribution in [1.29, 1.82) is 0 Å². The van der Waals surface area contributed by atoms with Crippen molar-refractivity contribution in [1.82, 2.24) is 5.32 Å². The Kier molecular flexibility index (Phi) is 3.84. The Morgan fingerprint density at radius 3 is 2.94 bits per heavy atom. The van der Waals surface area contributed by atoms with Gasteiger partial charge in [-0.25, -0.2) is 4.99 Å². The average Bonchev–Trinajstić information content (AvgIpc) is 2.39. The van der Waals surface area contributed by atoms with Crippen molar-refractivity contribution in [2.45, 2.75) is 12.8 Å². The fourth-order valence-electron chi connectivity index (χ4n) is 1.82. The molecule has 0 aromatic heterocycles. The van der Waals surface area contributed by atoms with E-state index in [4.69, 9.17) is 5.73 Å². The number of nitrogens with two attached hydrogens (primary N) is 1. The first-order valence-corrected chi connectivity index (χ1v) is 5.90. The van der Waals surface area contributed by atoms with Crippen molar-refractivity contribution in [2.75, 3.05) is 13.1 Å². The van der Waals surface area contributed by atoms with Gasteiger partial charge in [0, 0.05) is 18.5 Å². The van der Waals surface area contributed by atoms with Gasteiger partial charge >= 0.3 is 0 Å². The predicted molar refractivity (Wildman–Crippen MR) is 68.6 cm³/mol. The molecule has 0 bridgehead atoms. The quantitative estimate of drug-likeness (QED) is 0.748.